The van der Waals surface area contributed by atoms with E-state index in [1.54, 1.807) is 7.11 Å². The second-order valence-electron chi connectivity index (χ2n) is 6.40. The van der Waals surface area contributed by atoms with E-state index >= 15 is 0 Å². The van der Waals surface area contributed by atoms with Crippen molar-refractivity contribution in [1.29, 1.82) is 0 Å². The van der Waals surface area contributed by atoms with Crippen LogP contribution in [0.1, 0.15) is 45.6 Å². The zero-order valence-corrected chi connectivity index (χ0v) is 13.2. The third-order valence-electron chi connectivity index (χ3n) is 4.70. The van der Waals surface area contributed by atoms with Crippen molar-refractivity contribution in [1.82, 2.24) is 9.55 Å². The molecule has 1 aromatic carbocycles. The molecule has 4 heteroatoms. The highest BCUT2D eigenvalue weighted by Gasteiger charge is 2.34. The first kappa shape index (κ1) is 13.7. The van der Waals surface area contributed by atoms with Gasteiger partial charge in [0, 0.05) is 6.04 Å². The smallest absolute Gasteiger partial charge is 0.178 e. The van der Waals surface area contributed by atoms with Gasteiger partial charge in [-0.05, 0) is 42.6 Å². The molecule has 1 aromatic heterocycles. The number of benzene rings is 1. The maximum atomic E-state index is 5.60. The highest BCUT2D eigenvalue weighted by Crippen LogP contribution is 2.45. The molecule has 108 valence electrons. The van der Waals surface area contributed by atoms with Crippen molar-refractivity contribution in [2.45, 2.75) is 45.6 Å². The lowest BCUT2D eigenvalue weighted by atomic mass is 9.73. The molecule has 0 spiro atoms. The van der Waals surface area contributed by atoms with Crippen molar-refractivity contribution in [3.05, 3.63) is 23.0 Å². The van der Waals surface area contributed by atoms with Gasteiger partial charge < -0.3 is 14.3 Å². The van der Waals surface area contributed by atoms with Gasteiger partial charge in [-0.2, -0.15) is 0 Å². The number of methoxy groups -OCH3 is 1. The van der Waals surface area contributed by atoms with Crippen molar-refractivity contribution in [2.75, 3.05) is 7.11 Å². The molecule has 0 radical (unpaired) electrons. The lowest BCUT2D eigenvalue weighted by Gasteiger charge is -2.39. The standard InChI is InChI=1S/C16H22N2OS/c1-16(2)10-5-4-9-13(16)18-11-7-6-8-12(19-3)14(11)17-15(18)20/h6-8,13H,4-5,9-10H2,1-3H3,(H,17,20). The lowest BCUT2D eigenvalue weighted by molar-refractivity contribution is 0.146. The molecule has 3 rings (SSSR count). The Hall–Kier alpha value is -1.29. The molecule has 1 N–H and O–H groups in total. The van der Waals surface area contributed by atoms with Crippen LogP contribution in [0.3, 0.4) is 0 Å². The van der Waals surface area contributed by atoms with Gasteiger partial charge in [-0.1, -0.05) is 32.8 Å². The van der Waals surface area contributed by atoms with Crippen LogP contribution in [0.2, 0.25) is 0 Å². The van der Waals surface area contributed by atoms with E-state index in [1.807, 2.05) is 12.1 Å². The summed E-state index contributed by atoms with van der Waals surface area (Å²) in [5.74, 6) is 0.862. The van der Waals surface area contributed by atoms with Gasteiger partial charge in [0.1, 0.15) is 11.3 Å². The summed E-state index contributed by atoms with van der Waals surface area (Å²) in [5, 5.41) is 0. The van der Waals surface area contributed by atoms with Crippen molar-refractivity contribution >= 4 is 23.3 Å². The largest absolute Gasteiger partial charge is 0.494 e. The molecule has 3 nitrogen and oxygen atoms in total. The van der Waals surface area contributed by atoms with Crippen LogP contribution < -0.4 is 4.74 Å². The monoisotopic (exact) mass is 290 g/mol. The number of hydrogen-bond acceptors (Lipinski definition) is 2. The molecule has 2 aromatic rings. The molecule has 1 aliphatic carbocycles. The minimum absolute atomic E-state index is 0.286. The number of aromatic nitrogens is 2. The lowest BCUT2D eigenvalue weighted by Crippen LogP contribution is -2.30. The number of aromatic amines is 1. The fourth-order valence-electron chi connectivity index (χ4n) is 3.56. The molecule has 0 bridgehead atoms. The van der Waals surface area contributed by atoms with Gasteiger partial charge in [-0.3, -0.25) is 0 Å². The van der Waals surface area contributed by atoms with Crippen LogP contribution in [0, 0.1) is 10.2 Å². The Morgan fingerprint density at radius 3 is 2.85 bits per heavy atom. The number of imidazole rings is 1. The van der Waals surface area contributed by atoms with E-state index in [4.69, 9.17) is 17.0 Å². The SMILES string of the molecule is COc1cccc2c1[nH]c(=S)n2C1CCCCC1(C)C. The molecule has 0 amide bonds. The molecule has 0 aliphatic heterocycles. The van der Waals surface area contributed by atoms with Crippen LogP contribution in [0.15, 0.2) is 18.2 Å². The third-order valence-corrected chi connectivity index (χ3v) is 5.00. The summed E-state index contributed by atoms with van der Waals surface area (Å²) in [4.78, 5) is 3.33. The first-order valence-corrected chi connectivity index (χ1v) is 7.72. The quantitative estimate of drug-likeness (QED) is 0.801. The van der Waals surface area contributed by atoms with Crippen molar-refractivity contribution in [3.8, 4) is 5.75 Å². The molecule has 1 atom stereocenters. The average Bonchev–Trinajstić information content (AvgIpc) is 2.74. The number of rotatable bonds is 2. The molecule has 1 aliphatic rings. The highest BCUT2D eigenvalue weighted by atomic mass is 32.1. The number of fused-ring (bicyclic) bond motifs is 1. The molecule has 0 saturated heterocycles. The molecular weight excluding hydrogens is 268 g/mol. The number of H-pyrrole nitrogens is 1. The number of nitrogens with one attached hydrogen (secondary N) is 1. The fraction of sp³-hybridized carbons (Fsp3) is 0.562. The first-order valence-electron chi connectivity index (χ1n) is 7.32. The maximum Gasteiger partial charge on any atom is 0.178 e. The zero-order valence-electron chi connectivity index (χ0n) is 12.4. The summed E-state index contributed by atoms with van der Waals surface area (Å²) in [6.45, 7) is 4.72. The Kier molecular flexibility index (Phi) is 3.36. The van der Waals surface area contributed by atoms with E-state index in [-0.39, 0.29) is 5.41 Å². The van der Waals surface area contributed by atoms with Crippen molar-refractivity contribution in [3.63, 3.8) is 0 Å². The van der Waals surface area contributed by atoms with Crippen LogP contribution in [0.25, 0.3) is 11.0 Å². The number of nitrogens with zero attached hydrogens (tertiary/aromatic N) is 1. The predicted molar refractivity (Wildman–Crippen MR) is 85.0 cm³/mol. The summed E-state index contributed by atoms with van der Waals surface area (Å²) in [5.41, 5.74) is 2.46. The third kappa shape index (κ3) is 2.06. The molecule has 20 heavy (non-hydrogen) atoms. The fourth-order valence-corrected chi connectivity index (χ4v) is 3.88. The van der Waals surface area contributed by atoms with Gasteiger partial charge in [-0.25, -0.2) is 0 Å². The van der Waals surface area contributed by atoms with Crippen LogP contribution in [0.5, 0.6) is 5.75 Å². The summed E-state index contributed by atoms with van der Waals surface area (Å²) < 4.78 is 8.57. The van der Waals surface area contributed by atoms with E-state index in [0.717, 1.165) is 21.6 Å². The summed E-state index contributed by atoms with van der Waals surface area (Å²) in [6.07, 6.45) is 5.07. The molecular formula is C16H22N2OS. The van der Waals surface area contributed by atoms with Gasteiger partial charge >= 0.3 is 0 Å². The minimum Gasteiger partial charge on any atom is -0.494 e. The minimum atomic E-state index is 0.286. The Morgan fingerprint density at radius 1 is 1.35 bits per heavy atom. The molecule has 1 heterocycles. The zero-order chi connectivity index (χ0) is 14.3. The highest BCUT2D eigenvalue weighted by molar-refractivity contribution is 7.71. The van der Waals surface area contributed by atoms with Crippen LogP contribution in [0.4, 0.5) is 0 Å². The van der Waals surface area contributed by atoms with E-state index in [1.165, 1.54) is 25.7 Å². The topological polar surface area (TPSA) is 29.9 Å². The number of para-hydroxylation sites is 1. The first-order chi connectivity index (χ1) is 9.54. The molecule has 1 saturated carbocycles. The average molecular weight is 290 g/mol. The van der Waals surface area contributed by atoms with Gasteiger partial charge in [-0.15, -0.1) is 0 Å². The summed E-state index contributed by atoms with van der Waals surface area (Å²) >= 11 is 5.60. The number of ether oxygens (including phenoxy) is 1. The predicted octanol–water partition coefficient (Wildman–Crippen LogP) is 4.85. The van der Waals surface area contributed by atoms with E-state index in [2.05, 4.69) is 29.5 Å². The van der Waals surface area contributed by atoms with Gasteiger partial charge in [0.2, 0.25) is 0 Å². The second-order valence-corrected chi connectivity index (χ2v) is 6.79. The maximum absolute atomic E-state index is 5.60. The van der Waals surface area contributed by atoms with Crippen molar-refractivity contribution in [2.24, 2.45) is 5.41 Å². The van der Waals surface area contributed by atoms with Gasteiger partial charge in [0.25, 0.3) is 0 Å². The Balaban J connectivity index is 2.21. The normalized spacial score (nSPS) is 22.1. The second kappa shape index (κ2) is 4.92. The van der Waals surface area contributed by atoms with Crippen LogP contribution in [-0.4, -0.2) is 16.7 Å². The van der Waals surface area contributed by atoms with E-state index in [9.17, 15) is 0 Å². The van der Waals surface area contributed by atoms with Gasteiger partial charge in [0.05, 0.1) is 12.6 Å². The van der Waals surface area contributed by atoms with E-state index in [0.29, 0.717) is 6.04 Å². The Morgan fingerprint density at radius 2 is 2.15 bits per heavy atom. The number of hydrogen-bond donors (Lipinski definition) is 1. The van der Waals surface area contributed by atoms with Crippen LogP contribution >= 0.6 is 12.2 Å². The summed E-state index contributed by atoms with van der Waals surface area (Å²) in [6, 6.07) is 6.61. The van der Waals surface area contributed by atoms with E-state index < -0.39 is 0 Å². The van der Waals surface area contributed by atoms with Gasteiger partial charge in [0.15, 0.2) is 4.77 Å². The van der Waals surface area contributed by atoms with Crippen molar-refractivity contribution < 1.29 is 4.74 Å². The Bertz CT molecular complexity index is 683. The Labute approximate surface area is 125 Å². The van der Waals surface area contributed by atoms with Crippen LogP contribution in [-0.2, 0) is 0 Å². The molecule has 1 unspecified atom stereocenters. The molecule has 1 fully saturated rings. The summed E-state index contributed by atoms with van der Waals surface area (Å²) in [7, 11) is 1.70.